The summed E-state index contributed by atoms with van der Waals surface area (Å²) in [4.78, 5) is 18.0. The molecule has 0 saturated carbocycles. The van der Waals surface area contributed by atoms with Crippen LogP contribution in [0.1, 0.15) is 22.3 Å². The number of benzene rings is 12. The molecule has 0 bridgehead atoms. The second-order valence-corrected chi connectivity index (χ2v) is 20.7. The molecule has 2 heterocycles. The molecule has 0 saturated heterocycles. The van der Waals surface area contributed by atoms with Gasteiger partial charge in [0.05, 0.1) is 16.4 Å². The fourth-order valence-corrected chi connectivity index (χ4v) is 13.4. The molecule has 3 heteroatoms. The number of aromatic nitrogens is 1. The lowest BCUT2D eigenvalue weighted by molar-refractivity contribution is 0.794. The fourth-order valence-electron chi connectivity index (χ4n) is 13.4. The Labute approximate surface area is 445 Å². The molecule has 14 aromatic rings. The Bertz CT molecular complexity index is 4590. The first-order valence-corrected chi connectivity index (χ1v) is 26.5. The van der Waals surface area contributed by atoms with E-state index in [9.17, 15) is 0 Å². The summed E-state index contributed by atoms with van der Waals surface area (Å²) in [5, 5.41) is 4.83. The van der Waals surface area contributed by atoms with Crippen LogP contribution in [0.5, 0.6) is 0 Å². The van der Waals surface area contributed by atoms with Gasteiger partial charge in [-0.05, 0) is 150 Å². The minimum atomic E-state index is -0.540. The molecule has 3 nitrogen and oxygen atoms in total. The highest BCUT2D eigenvalue weighted by molar-refractivity contribution is 6.24. The average Bonchev–Trinajstić information content (AvgIpc) is 3.21. The Hall–Kier alpha value is -10.1. The maximum Gasteiger partial charge on any atom is 0.263 e. The lowest BCUT2D eigenvalue weighted by Gasteiger charge is -2.30. The predicted octanol–water partition coefficient (Wildman–Crippen LogP) is 18.7. The van der Waals surface area contributed by atoms with Crippen molar-refractivity contribution in [3.8, 4) is 66.8 Å². The van der Waals surface area contributed by atoms with Gasteiger partial charge in [0.1, 0.15) is 0 Å². The maximum absolute atomic E-state index is 15.7. The summed E-state index contributed by atoms with van der Waals surface area (Å²) in [6.45, 7) is 0. The summed E-state index contributed by atoms with van der Waals surface area (Å²) in [5.74, 6) is 0. The van der Waals surface area contributed by atoms with Gasteiger partial charge in [0.2, 0.25) is 0 Å². The second-order valence-electron chi connectivity index (χ2n) is 20.7. The first-order chi connectivity index (χ1) is 38.1. The van der Waals surface area contributed by atoms with E-state index in [2.05, 4.69) is 282 Å². The Morgan fingerprint density at radius 3 is 1.17 bits per heavy atom. The molecule has 1 spiro atoms. The summed E-state index contributed by atoms with van der Waals surface area (Å²) in [5.41, 5.74) is 23.5. The van der Waals surface area contributed by atoms with Crippen molar-refractivity contribution in [3.05, 3.63) is 312 Å². The van der Waals surface area contributed by atoms with Gasteiger partial charge in [-0.3, -0.25) is 9.20 Å². The predicted molar refractivity (Wildman–Crippen MR) is 320 cm³/mol. The van der Waals surface area contributed by atoms with Crippen molar-refractivity contribution in [3.63, 3.8) is 0 Å². The van der Waals surface area contributed by atoms with Gasteiger partial charge < -0.3 is 4.90 Å². The SMILES string of the molecule is O=c1c2ccc(-c3ccccc3)cc2c2cc(-c3ccc(N(c4ccc(-c5ccccc5)cc4)c4ccc(-c5ccccc5)cc4)cc3)cc3c4ccc5c(c4n1c23)-c1ccccc1C51c2ccccc2-c2ccccc21. The standard InChI is InChI=1S/C74H46N2O/c77-73-61-41-34-53(49-20-8-3-9-21-49)44-63(61)65-46-54(52-32-39-57(40-33-52)75(55-35-28-50(29-36-55)47-16-4-1-5-17-47)56-37-30-51(31-38-56)48-18-6-2-7-19-48)45-64-60-42-43-69-70(72(60)76(73)71(64)65)62-24-12-15-27-68(62)74(69)66-25-13-10-22-58(66)59-23-11-14-26-67(59)74/h1-46H. The van der Waals surface area contributed by atoms with Gasteiger partial charge in [-0.1, -0.05) is 218 Å². The van der Waals surface area contributed by atoms with Crippen LogP contribution < -0.4 is 10.5 Å². The van der Waals surface area contributed by atoms with E-state index >= 15 is 4.79 Å². The van der Waals surface area contributed by atoms with E-state index in [0.717, 1.165) is 77.5 Å². The smallest absolute Gasteiger partial charge is 0.263 e. The number of anilines is 3. The minimum Gasteiger partial charge on any atom is -0.311 e. The summed E-state index contributed by atoms with van der Waals surface area (Å²) in [6.07, 6.45) is 0. The fraction of sp³-hybridized carbons (Fsp3) is 0.0135. The third kappa shape index (κ3) is 6.29. The molecule has 2 aliphatic carbocycles. The molecule has 0 amide bonds. The molecule has 0 radical (unpaired) electrons. The van der Waals surface area contributed by atoms with Crippen molar-refractivity contribution >= 4 is 55.0 Å². The highest BCUT2D eigenvalue weighted by atomic mass is 16.1. The zero-order chi connectivity index (χ0) is 50.8. The van der Waals surface area contributed by atoms with Gasteiger partial charge in [-0.2, -0.15) is 0 Å². The summed E-state index contributed by atoms with van der Waals surface area (Å²) < 4.78 is 2.07. The maximum atomic E-state index is 15.7. The van der Waals surface area contributed by atoms with Crippen LogP contribution in [-0.2, 0) is 5.41 Å². The van der Waals surface area contributed by atoms with Crippen LogP contribution in [0.2, 0.25) is 0 Å². The van der Waals surface area contributed by atoms with Crippen LogP contribution in [0.4, 0.5) is 17.1 Å². The molecule has 0 N–H and O–H groups in total. The number of nitrogens with zero attached hydrogens (tertiary/aromatic N) is 2. The molecular weight excluding hydrogens is 933 g/mol. The summed E-state index contributed by atoms with van der Waals surface area (Å²) in [6, 6.07) is 101. The molecule has 12 aromatic carbocycles. The largest absolute Gasteiger partial charge is 0.311 e. The van der Waals surface area contributed by atoms with Crippen molar-refractivity contribution in [2.75, 3.05) is 4.90 Å². The van der Waals surface area contributed by atoms with Crippen molar-refractivity contribution in [1.29, 1.82) is 0 Å². The Morgan fingerprint density at radius 2 is 0.649 bits per heavy atom. The Balaban J connectivity index is 0.913. The monoisotopic (exact) mass is 978 g/mol. The third-order valence-corrected chi connectivity index (χ3v) is 16.8. The van der Waals surface area contributed by atoms with Crippen molar-refractivity contribution in [1.82, 2.24) is 4.40 Å². The van der Waals surface area contributed by atoms with Crippen LogP contribution in [0.3, 0.4) is 0 Å². The third-order valence-electron chi connectivity index (χ3n) is 16.8. The first kappa shape index (κ1) is 43.3. The van der Waals surface area contributed by atoms with E-state index < -0.39 is 5.41 Å². The molecule has 0 atom stereocenters. The topological polar surface area (TPSA) is 24.7 Å². The van der Waals surface area contributed by atoms with Crippen molar-refractivity contribution in [2.45, 2.75) is 5.41 Å². The lowest BCUT2D eigenvalue weighted by atomic mass is 9.70. The van der Waals surface area contributed by atoms with E-state index in [0.29, 0.717) is 5.39 Å². The van der Waals surface area contributed by atoms with Gasteiger partial charge in [-0.25, -0.2) is 0 Å². The van der Waals surface area contributed by atoms with E-state index in [1.807, 2.05) is 6.07 Å². The number of hydrogen-bond donors (Lipinski definition) is 0. The molecule has 16 rings (SSSR count). The number of rotatable bonds is 7. The van der Waals surface area contributed by atoms with Crippen LogP contribution in [0, 0.1) is 0 Å². The summed E-state index contributed by atoms with van der Waals surface area (Å²) in [7, 11) is 0. The number of pyridine rings is 1. The van der Waals surface area contributed by atoms with E-state index in [4.69, 9.17) is 0 Å². The molecule has 0 fully saturated rings. The van der Waals surface area contributed by atoms with Crippen LogP contribution in [0.25, 0.3) is 105 Å². The van der Waals surface area contributed by atoms with Crippen LogP contribution in [-0.4, -0.2) is 4.40 Å². The highest BCUT2D eigenvalue weighted by Crippen LogP contribution is 2.64. The molecule has 2 aromatic heterocycles. The van der Waals surface area contributed by atoms with Gasteiger partial charge in [0.25, 0.3) is 5.56 Å². The quantitative estimate of drug-likeness (QED) is 0.149. The Kier molecular flexibility index (Phi) is 9.40. The Morgan fingerprint density at radius 1 is 0.273 bits per heavy atom. The molecule has 77 heavy (non-hydrogen) atoms. The van der Waals surface area contributed by atoms with Crippen LogP contribution >= 0.6 is 0 Å². The zero-order valence-electron chi connectivity index (χ0n) is 41.9. The molecule has 2 aliphatic rings. The van der Waals surface area contributed by atoms with Gasteiger partial charge in [0, 0.05) is 44.2 Å². The molecular formula is C74H46N2O. The normalized spacial score (nSPS) is 12.8. The van der Waals surface area contributed by atoms with E-state index in [1.165, 1.54) is 61.2 Å². The molecule has 358 valence electrons. The molecule has 0 unspecified atom stereocenters. The average molecular weight is 979 g/mol. The second kappa shape index (κ2) is 16.7. The lowest BCUT2D eigenvalue weighted by Crippen LogP contribution is -2.25. The summed E-state index contributed by atoms with van der Waals surface area (Å²) >= 11 is 0. The zero-order valence-corrected chi connectivity index (χ0v) is 41.9. The van der Waals surface area contributed by atoms with Crippen molar-refractivity contribution < 1.29 is 0 Å². The molecule has 0 aliphatic heterocycles. The van der Waals surface area contributed by atoms with Gasteiger partial charge in [0.15, 0.2) is 0 Å². The minimum absolute atomic E-state index is 0.00281. The van der Waals surface area contributed by atoms with Crippen LogP contribution in [0.15, 0.2) is 284 Å². The van der Waals surface area contributed by atoms with Gasteiger partial charge >= 0.3 is 0 Å². The number of fused-ring (bicyclic) bond motifs is 16. The van der Waals surface area contributed by atoms with Crippen molar-refractivity contribution in [2.24, 2.45) is 0 Å². The highest BCUT2D eigenvalue weighted by Gasteiger charge is 2.52. The first-order valence-electron chi connectivity index (χ1n) is 26.5. The number of hydrogen-bond acceptors (Lipinski definition) is 2. The van der Waals surface area contributed by atoms with E-state index in [-0.39, 0.29) is 5.56 Å². The van der Waals surface area contributed by atoms with Gasteiger partial charge in [-0.15, -0.1) is 0 Å². The van der Waals surface area contributed by atoms with E-state index in [1.54, 1.807) is 0 Å².